The first-order chi connectivity index (χ1) is 3.70. The minimum atomic E-state index is 0. The largest absolute Gasteiger partial charge is 0.514 e. The third-order valence-electron chi connectivity index (χ3n) is 2.14. The van der Waals surface area contributed by atoms with Gasteiger partial charge in [-0.05, 0) is 11.8 Å². The zero-order valence-corrected chi connectivity index (χ0v) is 221. The molecule has 1 saturated carbocycles. The van der Waals surface area contributed by atoms with Crippen molar-refractivity contribution in [3.8, 4) is 0 Å². The van der Waals surface area contributed by atoms with E-state index in [0.717, 1.165) is 24.7 Å². The van der Waals surface area contributed by atoms with Gasteiger partial charge in [0.2, 0.25) is 0 Å². The molecule has 1 fully saturated rings. The molecule has 0 aromatic heterocycles. The minimum Gasteiger partial charge on any atom is -0.514 e. The van der Waals surface area contributed by atoms with Gasteiger partial charge in [0.1, 0.15) is 0 Å². The second kappa shape index (κ2) is 413. The van der Waals surface area contributed by atoms with Crippen LogP contribution in [0, 0.1) is 18.4 Å². The third-order valence-corrected chi connectivity index (χ3v) is 2.14. The molecule has 63 radical (unpaired) electrons. The molecule has 0 heterocycles. The summed E-state index contributed by atoms with van der Waals surface area (Å²) >= 11 is 0. The van der Waals surface area contributed by atoms with Crippen molar-refractivity contribution in [2.24, 2.45) is 11.8 Å². The number of hydrogen-bond acceptors (Lipinski definition) is 0. The fourth-order valence-electron chi connectivity index (χ4n) is 1.31. The molecule has 0 amide bonds. The Hall–Kier alpha value is 69.3. The summed E-state index contributed by atoms with van der Waals surface area (Å²) in [6.45, 7) is 10.2. The van der Waals surface area contributed by atoms with Gasteiger partial charge in [0.25, 0.3) is 0 Å². The summed E-state index contributed by atoms with van der Waals surface area (Å²) in [6, 6.07) is 0. The number of hydrogen-bond donors (Lipinski definition) is 0. The Morgan fingerprint density at radius 2 is 0.211 bits per heavy atom. The van der Waals surface area contributed by atoms with Gasteiger partial charge in [0.05, 0.1) is 0 Å². The van der Waals surface area contributed by atoms with Crippen molar-refractivity contribution >= 4 is 0 Å². The molecular formula is C8H15Y63-. The summed E-state index contributed by atoms with van der Waals surface area (Å²) in [5, 5.41) is 0. The zero-order valence-electron chi connectivity index (χ0n) is 42.0. The van der Waals surface area contributed by atoms with E-state index in [0.29, 0.717) is 0 Å². The Balaban J connectivity index is -0.000000000161. The first-order valence-electron chi connectivity index (χ1n) is 3.30. The van der Waals surface area contributed by atoms with Crippen LogP contribution in [0.1, 0.15) is 28.1 Å². The summed E-state index contributed by atoms with van der Waals surface area (Å²) < 4.78 is 0. The molecule has 1 aliphatic rings. The molecule has 0 N–H and O–H groups in total. The smallest absolute Gasteiger partial charge is 0 e. The van der Waals surface area contributed by atoms with Gasteiger partial charge in [0, 0.05) is 2060 Å². The van der Waals surface area contributed by atoms with Gasteiger partial charge in [0.15, 0.2) is 0 Å². The van der Waals surface area contributed by atoms with E-state index in [1.54, 1.807) is 0 Å². The van der Waals surface area contributed by atoms with E-state index in [9.17, 15) is 0 Å². The van der Waals surface area contributed by atoms with Crippen molar-refractivity contribution in [1.29, 1.82) is 0 Å². The molecule has 0 aliphatic heterocycles. The van der Waals surface area contributed by atoms with Crippen molar-refractivity contribution in [3.63, 3.8) is 0 Å². The van der Waals surface area contributed by atoms with Crippen molar-refractivity contribution in [2.45, 2.75) is 26.7 Å². The standard InChI is InChI=1S/C8H13.63Y.H2/c1-6-4-7(2)8(3)5-6;;;;;;;;;;;;;;;;;;;;;;;;;;;;;;;;;;;;;;;;;;;;;;;;;;;;;;;;;;;;;;;;/h1,7-8H,4-5H2,2-3H3;;;;;;;;;;;;;;;;;;;;;;;;;;;;;;;;;;;;;;;;;;;;;;;;;;;;;;;;;;;;;;;;1H/q-1;;;;;;;;;;;;;;;;;;;;;;;;;;;;;;;;;;;;;;;;;;;;;;;;;;;;;;;;;;;;;;;;/i;;;;;;;;;;;;;;;;;;;;;;;;;;;;;;;;;;;;;;;;;;;;;;;;;;;;;;;;;;;;;;;;1+1. The van der Waals surface area contributed by atoms with Crippen LogP contribution in [-0.4, -0.2) is 0 Å². The minimum absolute atomic E-state index is 0. The van der Waals surface area contributed by atoms with E-state index in [4.69, 9.17) is 6.58 Å². The molecule has 0 bridgehead atoms. The number of allylic oxidation sites excluding steroid dienone is 1. The van der Waals surface area contributed by atoms with E-state index >= 15 is 0 Å². The van der Waals surface area contributed by atoms with Crippen LogP contribution in [-0.2, 0) is 2060 Å². The SMILES string of the molecule is [2HH].[CH-]=C1CC(C)C(C)C1.[Y].[Y].[Y].[Y].[Y].[Y].[Y].[Y].[Y].[Y].[Y].[Y].[Y].[Y].[Y].[Y].[Y].[Y].[Y].[Y].[Y].[Y].[Y].[Y].[Y].[Y].[Y].[Y].[Y].[Y].[Y].[Y].[Y].[Y].[Y].[Y].[Y].[Y].[Y].[Y].[Y].[Y].[Y].[Y].[Y].[Y].[Y].[Y].[Y].[Y].[Y].[Y].[Y].[Y].[Y].[Y].[Y].[Y].[Y].[Y].[Y].[Y].[Y]. The second-order valence-corrected chi connectivity index (χ2v) is 3.02. The fraction of sp³-hybridized carbons (Fsp3) is 0.750. The predicted octanol–water partition coefficient (Wildman–Crippen LogP) is 2.50. The van der Waals surface area contributed by atoms with Crippen LogP contribution in [0.5, 0.6) is 0 Å². The van der Waals surface area contributed by atoms with E-state index in [2.05, 4.69) is 13.8 Å². The van der Waals surface area contributed by atoms with Crippen LogP contribution in [0.15, 0.2) is 5.57 Å². The maximum Gasteiger partial charge on any atom is 0 e. The quantitative estimate of drug-likeness (QED) is 0.328. The fourth-order valence-corrected chi connectivity index (χ4v) is 1.31. The predicted molar refractivity (Wildman–Crippen MR) is 37.5 cm³/mol. The Morgan fingerprint density at radius 1 is 0.169 bits per heavy atom. The molecule has 0 spiro atoms. The monoisotopic (exact) mass is 5710 g/mol. The molecule has 0 nitrogen and oxygen atoms in total. The molecule has 237 valence electrons. The normalized spacial score (nSPS) is 4.34. The maximum absolute atomic E-state index is 5.63. The van der Waals surface area contributed by atoms with E-state index in [1.807, 2.05) is 0 Å². The van der Waals surface area contributed by atoms with Gasteiger partial charge in [-0.1, -0.05) is 26.7 Å². The average molecular weight is 5710 g/mol. The van der Waals surface area contributed by atoms with Crippen molar-refractivity contribution < 1.29 is 2060 Å². The van der Waals surface area contributed by atoms with E-state index in [1.165, 1.54) is 5.57 Å². The van der Waals surface area contributed by atoms with Crippen LogP contribution in [0.4, 0.5) is 0 Å². The van der Waals surface area contributed by atoms with Gasteiger partial charge in [-0.2, -0.15) is 0 Å². The molecular weight excluding hydrogens is 5700 g/mol. The summed E-state index contributed by atoms with van der Waals surface area (Å²) in [5.41, 5.74) is 1.20. The maximum atomic E-state index is 5.63. The summed E-state index contributed by atoms with van der Waals surface area (Å²) in [4.78, 5) is 0. The molecule has 63 heteroatoms. The Kier molecular flexibility index (Phi) is 2650. The van der Waals surface area contributed by atoms with Crippen LogP contribution in [0.25, 0.3) is 0 Å². The van der Waals surface area contributed by atoms with Crippen LogP contribution < -0.4 is 0 Å². The van der Waals surface area contributed by atoms with Crippen molar-refractivity contribution in [3.05, 3.63) is 12.2 Å². The Labute approximate surface area is 2030 Å². The topological polar surface area (TPSA) is 0 Å². The van der Waals surface area contributed by atoms with Crippen LogP contribution >= 0.6 is 0 Å². The molecule has 0 aromatic rings. The average Bonchev–Trinajstić information content (AvgIpc) is 1.85. The van der Waals surface area contributed by atoms with Crippen LogP contribution in [0.2, 0.25) is 0 Å². The molecule has 0 saturated heterocycles. The van der Waals surface area contributed by atoms with Gasteiger partial charge in [-0.15, -0.1) is 0 Å². The molecule has 1 aliphatic carbocycles. The molecule has 1 rings (SSSR count). The van der Waals surface area contributed by atoms with Crippen LogP contribution in [0.3, 0.4) is 0 Å². The van der Waals surface area contributed by atoms with Gasteiger partial charge in [-0.25, -0.2) is 0 Å². The zero-order chi connectivity index (χ0) is 6.15. The van der Waals surface area contributed by atoms with Gasteiger partial charge in [-0.3, -0.25) is 5.57 Å². The van der Waals surface area contributed by atoms with Crippen molar-refractivity contribution in [1.82, 2.24) is 0 Å². The Morgan fingerprint density at radius 3 is 0.225 bits per heavy atom. The first kappa shape index (κ1) is 456. The molecule has 71 heavy (non-hydrogen) atoms. The summed E-state index contributed by atoms with van der Waals surface area (Å²) in [5.74, 6) is 1.66. The van der Waals surface area contributed by atoms with Gasteiger partial charge >= 0.3 is 0 Å². The summed E-state index contributed by atoms with van der Waals surface area (Å²) in [7, 11) is 0. The Bertz CT molecular complexity index is 134. The van der Waals surface area contributed by atoms with E-state index in [-0.39, 0.29) is 2060 Å². The number of rotatable bonds is 0. The first-order valence-corrected chi connectivity index (χ1v) is 3.30. The third kappa shape index (κ3) is 397. The molecule has 2 atom stereocenters. The molecule has 0 aromatic carbocycles. The van der Waals surface area contributed by atoms with Gasteiger partial charge < -0.3 is 6.58 Å². The second-order valence-electron chi connectivity index (χ2n) is 3.02. The van der Waals surface area contributed by atoms with E-state index < -0.39 is 0 Å². The van der Waals surface area contributed by atoms with Crippen molar-refractivity contribution in [2.75, 3.05) is 0 Å². The molecule has 2 unspecified atom stereocenters. The summed E-state index contributed by atoms with van der Waals surface area (Å²) in [6.07, 6.45) is 2.31.